The fourth-order valence-electron chi connectivity index (χ4n) is 0.667. The van der Waals surface area contributed by atoms with E-state index >= 15 is 0 Å². The molecule has 0 aromatic rings. The van der Waals surface area contributed by atoms with Crippen LogP contribution in [-0.4, -0.2) is 36.9 Å². The van der Waals surface area contributed by atoms with Crippen molar-refractivity contribution < 1.29 is 45.1 Å². The number of esters is 1. The molecule has 0 atom stereocenters. The fraction of sp³-hybridized carbons (Fsp3) is 0.714. The second kappa shape index (κ2) is 4.49. The maximum absolute atomic E-state index is 12.6. The van der Waals surface area contributed by atoms with Crippen LogP contribution in [0.2, 0.25) is 0 Å². The van der Waals surface area contributed by atoms with Crippen molar-refractivity contribution in [2.24, 2.45) is 0 Å². The van der Waals surface area contributed by atoms with E-state index in [0.717, 1.165) is 0 Å². The van der Waals surface area contributed by atoms with Crippen molar-refractivity contribution in [1.29, 1.82) is 0 Å². The van der Waals surface area contributed by atoms with E-state index in [9.17, 15) is 40.3 Å². The van der Waals surface area contributed by atoms with Gasteiger partial charge in [0.2, 0.25) is 5.78 Å². The van der Waals surface area contributed by atoms with Crippen molar-refractivity contribution in [3.8, 4) is 0 Å². The number of hydrogen-bond acceptors (Lipinski definition) is 3. The number of hydrogen-bond donors (Lipinski definition) is 0. The van der Waals surface area contributed by atoms with E-state index in [1.165, 1.54) is 0 Å². The molecule has 0 saturated carbocycles. The van der Waals surface area contributed by atoms with Crippen LogP contribution in [0.15, 0.2) is 0 Å². The molecule has 0 rings (SSSR count). The van der Waals surface area contributed by atoms with Crippen LogP contribution < -0.4 is 0 Å². The standard InChI is InChI=1S/C7H5F7O3/c1-17-4(16)2-3(15)5(8,9)6(10,11)7(12,13)14/h2H2,1H3. The van der Waals surface area contributed by atoms with Gasteiger partial charge in [0, 0.05) is 0 Å². The summed E-state index contributed by atoms with van der Waals surface area (Å²) in [6.45, 7) is 0. The zero-order chi connectivity index (χ0) is 14.1. The van der Waals surface area contributed by atoms with Crippen molar-refractivity contribution in [3.05, 3.63) is 0 Å². The molecule has 10 heteroatoms. The average Bonchev–Trinajstić information content (AvgIpc) is 2.15. The highest BCUT2D eigenvalue weighted by atomic mass is 19.4. The molecular weight excluding hydrogens is 265 g/mol. The van der Waals surface area contributed by atoms with Gasteiger partial charge in [0.15, 0.2) is 0 Å². The van der Waals surface area contributed by atoms with Gasteiger partial charge in [0.05, 0.1) is 7.11 Å². The molecule has 0 bridgehead atoms. The van der Waals surface area contributed by atoms with E-state index in [2.05, 4.69) is 4.74 Å². The molecule has 0 unspecified atom stereocenters. The molecule has 0 aliphatic rings. The third-order valence-electron chi connectivity index (χ3n) is 1.63. The Labute approximate surface area is 89.5 Å². The van der Waals surface area contributed by atoms with Crippen molar-refractivity contribution in [1.82, 2.24) is 0 Å². The van der Waals surface area contributed by atoms with Crippen molar-refractivity contribution in [2.75, 3.05) is 7.11 Å². The molecular formula is C7H5F7O3. The molecule has 0 saturated heterocycles. The number of carbonyl (C=O) groups is 2. The molecule has 0 fully saturated rings. The summed E-state index contributed by atoms with van der Waals surface area (Å²) in [5.74, 6) is -17.1. The monoisotopic (exact) mass is 270 g/mol. The Bertz CT molecular complexity index is 320. The van der Waals surface area contributed by atoms with Crippen LogP contribution >= 0.6 is 0 Å². The lowest BCUT2D eigenvalue weighted by molar-refractivity contribution is -0.343. The topological polar surface area (TPSA) is 43.4 Å². The molecule has 0 aromatic heterocycles. The van der Waals surface area contributed by atoms with Gasteiger partial charge < -0.3 is 4.74 Å². The van der Waals surface area contributed by atoms with E-state index in [4.69, 9.17) is 0 Å². The number of ether oxygens (including phenoxy) is 1. The summed E-state index contributed by atoms with van der Waals surface area (Å²) in [5, 5.41) is 0. The predicted octanol–water partition coefficient (Wildman–Crippen LogP) is 1.95. The first kappa shape index (κ1) is 15.6. The highest BCUT2D eigenvalue weighted by molar-refractivity contribution is 6.00. The summed E-state index contributed by atoms with van der Waals surface area (Å²) >= 11 is 0. The van der Waals surface area contributed by atoms with Gasteiger partial charge in [0.1, 0.15) is 6.42 Å². The van der Waals surface area contributed by atoms with Crippen LogP contribution in [0.1, 0.15) is 6.42 Å². The fourth-order valence-corrected chi connectivity index (χ4v) is 0.667. The molecule has 0 heterocycles. The maximum Gasteiger partial charge on any atom is 0.460 e. The quantitative estimate of drug-likeness (QED) is 0.445. The minimum Gasteiger partial charge on any atom is -0.469 e. The summed E-state index contributed by atoms with van der Waals surface area (Å²) in [4.78, 5) is 20.8. The van der Waals surface area contributed by atoms with E-state index in [1.54, 1.807) is 0 Å². The molecule has 0 N–H and O–H groups in total. The van der Waals surface area contributed by atoms with Gasteiger partial charge in [0.25, 0.3) is 0 Å². The highest BCUT2D eigenvalue weighted by Gasteiger charge is 2.75. The van der Waals surface area contributed by atoms with Gasteiger partial charge in [-0.3, -0.25) is 9.59 Å². The Balaban J connectivity index is 5.14. The second-order valence-corrected chi connectivity index (χ2v) is 2.82. The summed E-state index contributed by atoms with van der Waals surface area (Å²) < 4.78 is 88.2. The number of carbonyl (C=O) groups excluding carboxylic acids is 2. The largest absolute Gasteiger partial charge is 0.469 e. The molecule has 0 aliphatic carbocycles. The zero-order valence-electron chi connectivity index (χ0n) is 8.08. The van der Waals surface area contributed by atoms with E-state index in [-0.39, 0.29) is 0 Å². The van der Waals surface area contributed by atoms with Crippen LogP contribution in [0.25, 0.3) is 0 Å². The first-order valence-electron chi connectivity index (χ1n) is 3.80. The summed E-state index contributed by atoms with van der Waals surface area (Å²) in [6, 6.07) is 0. The summed E-state index contributed by atoms with van der Waals surface area (Å²) in [6.07, 6.45) is -8.49. The Morgan fingerprint density at radius 2 is 1.41 bits per heavy atom. The smallest absolute Gasteiger partial charge is 0.460 e. The molecule has 17 heavy (non-hydrogen) atoms. The third-order valence-corrected chi connectivity index (χ3v) is 1.63. The Hall–Kier alpha value is -1.35. The van der Waals surface area contributed by atoms with Gasteiger partial charge in [-0.05, 0) is 0 Å². The van der Waals surface area contributed by atoms with Crippen LogP contribution in [0, 0.1) is 0 Å². The third kappa shape index (κ3) is 2.86. The second-order valence-electron chi connectivity index (χ2n) is 2.82. The zero-order valence-corrected chi connectivity index (χ0v) is 8.08. The molecule has 100 valence electrons. The van der Waals surface area contributed by atoms with Gasteiger partial charge >= 0.3 is 24.0 Å². The lowest BCUT2D eigenvalue weighted by Crippen LogP contribution is -2.56. The Morgan fingerprint density at radius 3 is 1.71 bits per heavy atom. The molecule has 0 spiro atoms. The lowest BCUT2D eigenvalue weighted by atomic mass is 10.0. The SMILES string of the molecule is COC(=O)CC(=O)C(F)(F)C(F)(F)C(F)(F)F. The Kier molecular flexibility index (Phi) is 4.14. The highest BCUT2D eigenvalue weighted by Crippen LogP contribution is 2.47. The number of rotatable bonds is 4. The Morgan fingerprint density at radius 1 is 1.00 bits per heavy atom. The molecule has 0 aliphatic heterocycles. The molecule has 0 radical (unpaired) electrons. The van der Waals surface area contributed by atoms with Gasteiger partial charge in [-0.2, -0.15) is 30.7 Å². The molecule has 0 aromatic carbocycles. The number of alkyl halides is 7. The number of halogens is 7. The number of Topliss-reactive ketones (excluding diaryl/α,β-unsaturated/α-hetero) is 1. The molecule has 0 amide bonds. The minimum absolute atomic E-state index is 0.648. The van der Waals surface area contributed by atoms with Crippen molar-refractivity contribution >= 4 is 11.8 Å². The molecule has 3 nitrogen and oxygen atoms in total. The summed E-state index contributed by atoms with van der Waals surface area (Å²) in [7, 11) is 0.648. The van der Waals surface area contributed by atoms with Crippen molar-refractivity contribution in [3.63, 3.8) is 0 Å². The first-order chi connectivity index (χ1) is 7.38. The van der Waals surface area contributed by atoms with E-state index < -0.39 is 36.2 Å². The first-order valence-corrected chi connectivity index (χ1v) is 3.80. The lowest BCUT2D eigenvalue weighted by Gasteiger charge is -2.26. The van der Waals surface area contributed by atoms with Crippen LogP contribution in [0.4, 0.5) is 30.7 Å². The van der Waals surface area contributed by atoms with Crippen LogP contribution in [-0.2, 0) is 14.3 Å². The van der Waals surface area contributed by atoms with E-state index in [1.807, 2.05) is 0 Å². The van der Waals surface area contributed by atoms with Crippen LogP contribution in [0.3, 0.4) is 0 Å². The van der Waals surface area contributed by atoms with Crippen LogP contribution in [0.5, 0.6) is 0 Å². The normalized spacial score (nSPS) is 13.4. The number of ketones is 1. The van der Waals surface area contributed by atoms with E-state index in [0.29, 0.717) is 7.11 Å². The summed E-state index contributed by atoms with van der Waals surface area (Å²) in [5.41, 5.74) is 0. The average molecular weight is 270 g/mol. The van der Waals surface area contributed by atoms with Gasteiger partial charge in [-0.25, -0.2) is 0 Å². The van der Waals surface area contributed by atoms with Gasteiger partial charge in [-0.15, -0.1) is 0 Å². The number of methoxy groups -OCH3 is 1. The van der Waals surface area contributed by atoms with Gasteiger partial charge in [-0.1, -0.05) is 0 Å². The minimum atomic E-state index is -6.61. The van der Waals surface area contributed by atoms with Crippen molar-refractivity contribution in [2.45, 2.75) is 24.4 Å². The maximum atomic E-state index is 12.6. The predicted molar refractivity (Wildman–Crippen MR) is 37.6 cm³/mol.